The third-order valence-corrected chi connectivity index (χ3v) is 5.14. The number of carbonyl (C=O) groups excluding carboxylic acids is 1. The van der Waals surface area contributed by atoms with Gasteiger partial charge < -0.3 is 14.2 Å². The van der Waals surface area contributed by atoms with Crippen LogP contribution in [0.5, 0.6) is 0 Å². The molecule has 8 nitrogen and oxygen atoms in total. The Morgan fingerprint density at radius 2 is 1.87 bits per heavy atom. The van der Waals surface area contributed by atoms with Crippen molar-refractivity contribution in [1.29, 1.82) is 0 Å². The Morgan fingerprint density at radius 1 is 1.17 bits per heavy atom. The van der Waals surface area contributed by atoms with Crippen molar-refractivity contribution in [2.75, 3.05) is 27.2 Å². The van der Waals surface area contributed by atoms with E-state index < -0.39 is 28.1 Å². The first-order chi connectivity index (χ1) is 14.3. The SMILES string of the molecule is CN(C)CCN1C(=O)c2oc3ccc(F)cc3c(=O)c2[C@@H]1c1ccc([N+](=O)[O-])cc1. The number of fused-ring (bicyclic) bond motifs is 2. The Kier molecular flexibility index (Phi) is 4.83. The van der Waals surface area contributed by atoms with E-state index in [4.69, 9.17) is 4.42 Å². The highest BCUT2D eigenvalue weighted by Gasteiger charge is 2.42. The first-order valence-electron chi connectivity index (χ1n) is 9.24. The second-order valence-electron chi connectivity index (χ2n) is 7.37. The third kappa shape index (κ3) is 3.22. The average molecular weight is 411 g/mol. The molecule has 1 aromatic heterocycles. The molecule has 0 fully saturated rings. The standard InChI is InChI=1S/C21H18FN3O5/c1-23(2)9-10-24-18(12-3-6-14(7-4-12)25(28)29)17-19(26)15-11-13(22)5-8-16(15)30-20(17)21(24)27/h3-8,11,18H,9-10H2,1-2H3/t18-/m0/s1. The van der Waals surface area contributed by atoms with Crippen LogP contribution in [0.25, 0.3) is 11.0 Å². The number of benzene rings is 2. The Morgan fingerprint density at radius 3 is 2.50 bits per heavy atom. The molecule has 1 amide bonds. The fourth-order valence-corrected chi connectivity index (χ4v) is 3.66. The fourth-order valence-electron chi connectivity index (χ4n) is 3.66. The summed E-state index contributed by atoms with van der Waals surface area (Å²) in [5.41, 5.74) is 0.191. The molecular formula is C21H18FN3O5. The van der Waals surface area contributed by atoms with Crippen LogP contribution in [0, 0.1) is 15.9 Å². The molecule has 1 aliphatic heterocycles. The van der Waals surface area contributed by atoms with Gasteiger partial charge in [-0.25, -0.2) is 4.39 Å². The molecule has 0 bridgehead atoms. The van der Waals surface area contributed by atoms with Gasteiger partial charge >= 0.3 is 0 Å². The molecule has 0 radical (unpaired) electrons. The minimum Gasteiger partial charge on any atom is -0.450 e. The highest BCUT2D eigenvalue weighted by molar-refractivity contribution is 5.99. The van der Waals surface area contributed by atoms with Crippen molar-refractivity contribution in [3.63, 3.8) is 0 Å². The van der Waals surface area contributed by atoms with Gasteiger partial charge in [-0.1, -0.05) is 0 Å². The molecule has 1 atom stereocenters. The monoisotopic (exact) mass is 411 g/mol. The van der Waals surface area contributed by atoms with E-state index in [0.717, 1.165) is 12.1 Å². The zero-order valence-corrected chi connectivity index (χ0v) is 16.3. The summed E-state index contributed by atoms with van der Waals surface area (Å²) >= 11 is 0. The van der Waals surface area contributed by atoms with E-state index >= 15 is 0 Å². The van der Waals surface area contributed by atoms with Crippen molar-refractivity contribution in [1.82, 2.24) is 9.80 Å². The van der Waals surface area contributed by atoms with Crippen molar-refractivity contribution in [2.24, 2.45) is 0 Å². The van der Waals surface area contributed by atoms with Crippen molar-refractivity contribution >= 4 is 22.6 Å². The van der Waals surface area contributed by atoms with Crippen LogP contribution in [0.15, 0.2) is 51.7 Å². The molecule has 0 saturated heterocycles. The lowest BCUT2D eigenvalue weighted by molar-refractivity contribution is -0.384. The summed E-state index contributed by atoms with van der Waals surface area (Å²) in [5.74, 6) is -1.12. The van der Waals surface area contributed by atoms with Crippen LogP contribution in [0.4, 0.5) is 10.1 Å². The van der Waals surface area contributed by atoms with Crippen molar-refractivity contribution in [2.45, 2.75) is 6.04 Å². The van der Waals surface area contributed by atoms with E-state index in [-0.39, 0.29) is 28.0 Å². The fraction of sp³-hybridized carbons (Fsp3) is 0.238. The quantitative estimate of drug-likeness (QED) is 0.473. The summed E-state index contributed by atoms with van der Waals surface area (Å²) in [7, 11) is 3.71. The van der Waals surface area contributed by atoms with Crippen molar-refractivity contribution in [3.05, 3.63) is 85.5 Å². The first kappa shape index (κ1) is 19.7. The van der Waals surface area contributed by atoms with E-state index in [1.54, 1.807) is 0 Å². The largest absolute Gasteiger partial charge is 0.450 e. The highest BCUT2D eigenvalue weighted by Crippen LogP contribution is 2.38. The molecule has 0 N–H and O–H groups in total. The topological polar surface area (TPSA) is 96.9 Å². The molecule has 2 aromatic carbocycles. The Bertz CT molecular complexity index is 1220. The van der Waals surface area contributed by atoms with Crippen LogP contribution < -0.4 is 5.43 Å². The van der Waals surface area contributed by atoms with E-state index in [1.165, 1.54) is 35.2 Å². The summed E-state index contributed by atoms with van der Waals surface area (Å²) in [5, 5.41) is 11.0. The molecule has 1 aliphatic rings. The molecule has 0 unspecified atom stereocenters. The van der Waals surface area contributed by atoms with Gasteiger partial charge in [-0.2, -0.15) is 0 Å². The molecule has 0 saturated carbocycles. The van der Waals surface area contributed by atoms with E-state index in [2.05, 4.69) is 0 Å². The normalized spacial score (nSPS) is 15.8. The molecule has 2 heterocycles. The molecule has 4 rings (SSSR count). The molecule has 30 heavy (non-hydrogen) atoms. The number of non-ortho nitro benzene ring substituents is 1. The van der Waals surface area contributed by atoms with E-state index in [1.807, 2.05) is 19.0 Å². The Balaban J connectivity index is 1.92. The molecule has 154 valence electrons. The summed E-state index contributed by atoms with van der Waals surface area (Å²) in [6.45, 7) is 0.841. The number of nitro benzene ring substituents is 1. The third-order valence-electron chi connectivity index (χ3n) is 5.14. The Hall–Kier alpha value is -3.59. The van der Waals surface area contributed by atoms with Crippen LogP contribution >= 0.6 is 0 Å². The maximum absolute atomic E-state index is 13.7. The second kappa shape index (κ2) is 7.34. The van der Waals surface area contributed by atoms with Crippen molar-refractivity contribution < 1.29 is 18.5 Å². The number of halogens is 1. The zero-order chi connectivity index (χ0) is 21.6. The summed E-state index contributed by atoms with van der Waals surface area (Å²) in [6.07, 6.45) is 0. The van der Waals surface area contributed by atoms with Crippen LogP contribution in [0.2, 0.25) is 0 Å². The van der Waals surface area contributed by atoms with Gasteiger partial charge in [0.2, 0.25) is 5.76 Å². The van der Waals surface area contributed by atoms with Gasteiger partial charge in [0.1, 0.15) is 11.4 Å². The number of hydrogen-bond donors (Lipinski definition) is 0. The molecule has 9 heteroatoms. The van der Waals surface area contributed by atoms with Crippen molar-refractivity contribution in [3.8, 4) is 0 Å². The van der Waals surface area contributed by atoms with Gasteiger partial charge in [-0.05, 0) is 50.0 Å². The number of amides is 1. The highest BCUT2D eigenvalue weighted by atomic mass is 19.1. The van der Waals surface area contributed by atoms with E-state index in [0.29, 0.717) is 18.7 Å². The zero-order valence-electron chi connectivity index (χ0n) is 16.3. The number of nitrogens with zero attached hydrogens (tertiary/aromatic N) is 3. The van der Waals surface area contributed by atoms with E-state index in [9.17, 15) is 24.1 Å². The summed E-state index contributed by atoms with van der Waals surface area (Å²) in [6, 6.07) is 8.47. The van der Waals surface area contributed by atoms with Gasteiger partial charge in [0.25, 0.3) is 11.6 Å². The number of hydrogen-bond acceptors (Lipinski definition) is 6. The maximum atomic E-state index is 13.7. The number of nitro groups is 1. The van der Waals surface area contributed by atoms with Crippen LogP contribution in [-0.2, 0) is 0 Å². The van der Waals surface area contributed by atoms with Crippen LogP contribution in [-0.4, -0.2) is 47.8 Å². The Labute approximate surface area is 170 Å². The minimum absolute atomic E-state index is 0.0444. The van der Waals surface area contributed by atoms with Gasteiger partial charge in [-0.3, -0.25) is 19.7 Å². The predicted molar refractivity (Wildman–Crippen MR) is 107 cm³/mol. The molecule has 0 spiro atoms. The predicted octanol–water partition coefficient (Wildman–Crippen LogP) is 2.95. The molecule has 0 aliphatic carbocycles. The molecular weight excluding hydrogens is 393 g/mol. The average Bonchev–Trinajstić information content (AvgIpc) is 2.99. The summed E-state index contributed by atoms with van der Waals surface area (Å²) in [4.78, 5) is 40.2. The summed E-state index contributed by atoms with van der Waals surface area (Å²) < 4.78 is 19.5. The van der Waals surface area contributed by atoms with Gasteiger partial charge in [0.05, 0.1) is 21.9 Å². The lowest BCUT2D eigenvalue weighted by Gasteiger charge is -2.26. The van der Waals surface area contributed by atoms with Crippen LogP contribution in [0.1, 0.15) is 27.7 Å². The lowest BCUT2D eigenvalue weighted by atomic mass is 9.98. The van der Waals surface area contributed by atoms with Crippen LogP contribution in [0.3, 0.4) is 0 Å². The van der Waals surface area contributed by atoms with Gasteiger partial charge in [-0.15, -0.1) is 0 Å². The number of likely N-dealkylation sites (N-methyl/N-ethyl adjacent to an activating group) is 1. The van der Waals surface area contributed by atoms with Gasteiger partial charge in [0.15, 0.2) is 5.43 Å². The minimum atomic E-state index is -0.780. The smallest absolute Gasteiger partial charge is 0.290 e. The number of rotatable bonds is 5. The second-order valence-corrected chi connectivity index (χ2v) is 7.37. The van der Waals surface area contributed by atoms with Gasteiger partial charge in [0, 0.05) is 25.2 Å². The lowest BCUT2D eigenvalue weighted by Crippen LogP contribution is -2.35. The molecule has 3 aromatic rings. The number of carbonyl (C=O) groups is 1. The maximum Gasteiger partial charge on any atom is 0.290 e. The first-order valence-corrected chi connectivity index (χ1v) is 9.24.